The van der Waals surface area contributed by atoms with E-state index in [4.69, 9.17) is 30.4 Å². The molecule has 2 aromatic heterocycles. The minimum Gasteiger partial charge on any atom is -0.462 e. The highest BCUT2D eigenvalue weighted by Crippen LogP contribution is 2.38. The minimum absolute atomic E-state index is 0.0163. The summed E-state index contributed by atoms with van der Waals surface area (Å²) in [4.78, 5) is 54.2. The van der Waals surface area contributed by atoms with Gasteiger partial charge in [0.15, 0.2) is 24.1 Å². The third-order valence-electron chi connectivity index (χ3n) is 4.88. The lowest BCUT2D eigenvalue weighted by atomic mass is 10.1. The van der Waals surface area contributed by atoms with E-state index < -0.39 is 53.1 Å². The highest BCUT2D eigenvalue weighted by atomic mass is 32.1. The summed E-state index contributed by atoms with van der Waals surface area (Å²) in [6.45, 7) is 3.26. The van der Waals surface area contributed by atoms with E-state index in [2.05, 4.69) is 9.97 Å². The highest BCUT2D eigenvalue weighted by molar-refractivity contribution is 7.16. The first-order chi connectivity index (χ1) is 14.2. The molecular formula is C16H19N5O8S. The highest BCUT2D eigenvalue weighted by Gasteiger charge is 2.56. The lowest BCUT2D eigenvalue weighted by Gasteiger charge is -2.19. The van der Waals surface area contributed by atoms with Crippen molar-refractivity contribution in [2.45, 2.75) is 44.4 Å². The largest absolute Gasteiger partial charge is 0.509 e. The van der Waals surface area contributed by atoms with Crippen LogP contribution in [0.2, 0.25) is 0 Å². The molecule has 4 heterocycles. The number of fused-ring (bicyclic) bond motifs is 2. The van der Waals surface area contributed by atoms with Crippen LogP contribution in [0.4, 0.5) is 10.7 Å². The summed E-state index contributed by atoms with van der Waals surface area (Å²) < 4.78 is 22.4. The van der Waals surface area contributed by atoms with Gasteiger partial charge in [0.25, 0.3) is 5.56 Å². The number of nitrogen functional groups attached to an aromatic ring is 1. The summed E-state index contributed by atoms with van der Waals surface area (Å²) in [5.41, 5.74) is 10.8. The summed E-state index contributed by atoms with van der Waals surface area (Å²) in [7, 11) is 0. The maximum absolute atomic E-state index is 12.6. The number of H-pyrrole nitrogens is 1. The van der Waals surface area contributed by atoms with Crippen LogP contribution in [-0.4, -0.2) is 57.6 Å². The van der Waals surface area contributed by atoms with Crippen molar-refractivity contribution in [1.82, 2.24) is 14.5 Å². The number of carbonyl (C=O) groups is 2. The third-order valence-corrected chi connectivity index (χ3v) is 5.82. The minimum atomic E-state index is -1.15. The van der Waals surface area contributed by atoms with Gasteiger partial charge in [-0.1, -0.05) is 25.2 Å². The average Bonchev–Trinajstić information content (AvgIpc) is 3.30. The normalized spacial score (nSPS) is 26.5. The van der Waals surface area contributed by atoms with Gasteiger partial charge in [0, 0.05) is 0 Å². The van der Waals surface area contributed by atoms with Crippen LogP contribution in [0.3, 0.4) is 0 Å². The number of hydrogen-bond donors (Lipinski definition) is 3. The van der Waals surface area contributed by atoms with Gasteiger partial charge in [-0.2, -0.15) is 4.98 Å². The summed E-state index contributed by atoms with van der Waals surface area (Å²) in [5, 5.41) is 0. The molecule has 14 heteroatoms. The average molecular weight is 441 g/mol. The zero-order chi connectivity index (χ0) is 21.7. The zero-order valence-corrected chi connectivity index (χ0v) is 16.7. The Labute approximate surface area is 171 Å². The number of thiazole rings is 1. The molecular weight excluding hydrogens is 422 g/mol. The van der Waals surface area contributed by atoms with Crippen molar-refractivity contribution in [3.05, 3.63) is 20.0 Å². The molecule has 4 rings (SSSR count). The topological polar surface area (TPSA) is 191 Å². The number of hydrogen-bond acceptors (Lipinski definition) is 12. The molecule has 0 saturated carbocycles. The van der Waals surface area contributed by atoms with Gasteiger partial charge in [-0.15, -0.1) is 0 Å². The molecule has 2 aromatic rings. The lowest BCUT2D eigenvalue weighted by Crippen LogP contribution is -2.40. The molecule has 2 aliphatic heterocycles. The van der Waals surface area contributed by atoms with E-state index in [1.54, 1.807) is 13.8 Å². The summed E-state index contributed by atoms with van der Waals surface area (Å²) in [5.74, 6) is -0.972. The summed E-state index contributed by atoms with van der Waals surface area (Å²) >= 11 is 0.645. The molecule has 0 aromatic carbocycles. The van der Waals surface area contributed by atoms with Crippen molar-refractivity contribution in [3.63, 3.8) is 0 Å². The number of nitrogens with zero attached hydrogens (tertiary/aromatic N) is 2. The van der Waals surface area contributed by atoms with E-state index in [1.165, 1.54) is 0 Å². The fraction of sp³-hybridized carbons (Fsp3) is 0.562. The van der Waals surface area contributed by atoms with Crippen LogP contribution in [0, 0.1) is 5.92 Å². The van der Waals surface area contributed by atoms with Gasteiger partial charge >= 0.3 is 17.0 Å². The van der Waals surface area contributed by atoms with Gasteiger partial charge in [0.1, 0.15) is 23.5 Å². The molecule has 30 heavy (non-hydrogen) atoms. The second-order valence-corrected chi connectivity index (χ2v) is 8.18. The van der Waals surface area contributed by atoms with E-state index in [9.17, 15) is 19.2 Å². The Balaban J connectivity index is 1.64. The molecule has 5 N–H and O–H groups in total. The van der Waals surface area contributed by atoms with Gasteiger partial charge in [0.2, 0.25) is 5.95 Å². The van der Waals surface area contributed by atoms with Crippen LogP contribution < -0.4 is 21.9 Å². The fourth-order valence-electron chi connectivity index (χ4n) is 3.27. The molecule has 2 aliphatic rings. The second-order valence-electron chi connectivity index (χ2n) is 7.22. The van der Waals surface area contributed by atoms with E-state index in [1.807, 2.05) is 0 Å². The number of aromatic nitrogens is 3. The Bertz CT molecular complexity index is 1120. The number of aromatic amines is 1. The Morgan fingerprint density at radius 3 is 2.70 bits per heavy atom. The Hall–Kier alpha value is -2.97. The van der Waals surface area contributed by atoms with Gasteiger partial charge < -0.3 is 30.4 Å². The van der Waals surface area contributed by atoms with Crippen LogP contribution in [0.15, 0.2) is 9.59 Å². The molecule has 0 radical (unpaired) electrons. The quantitative estimate of drug-likeness (QED) is 0.485. The van der Waals surface area contributed by atoms with Gasteiger partial charge in [-0.3, -0.25) is 23.9 Å². The Kier molecular flexibility index (Phi) is 4.99. The molecule has 0 amide bonds. The van der Waals surface area contributed by atoms with E-state index in [-0.39, 0.29) is 28.8 Å². The molecule has 5 atom stereocenters. The van der Waals surface area contributed by atoms with Crippen LogP contribution in [0.25, 0.3) is 10.3 Å². The molecule has 0 aliphatic carbocycles. The maximum atomic E-state index is 12.6. The molecule has 13 nitrogen and oxygen atoms in total. The number of nitrogens with one attached hydrogen (secondary N) is 1. The fourth-order valence-corrected chi connectivity index (χ4v) is 4.11. The van der Waals surface area contributed by atoms with Crippen molar-refractivity contribution in [2.75, 3.05) is 12.3 Å². The third kappa shape index (κ3) is 3.32. The first kappa shape index (κ1) is 20.3. The van der Waals surface area contributed by atoms with Gasteiger partial charge in [-0.25, -0.2) is 4.79 Å². The number of rotatable bonds is 5. The van der Waals surface area contributed by atoms with Crippen molar-refractivity contribution in [2.24, 2.45) is 11.7 Å². The molecule has 0 bridgehead atoms. The molecule has 2 saturated heterocycles. The standard InChI is InChI=1S/C16H19N5O8S/c1-4(2)6(17)13(23)26-3-5-7-8(29-16(25)28-7)12(27-5)21-10-9(30-15(21)24)11(22)20-14(18)19-10/h4-8,12H,3,17H2,1-2H3,(H3,18,19,20,22)/t5-,6+,7-,8-,12-/m1/s1. The lowest BCUT2D eigenvalue weighted by molar-refractivity contribution is -0.153. The van der Waals surface area contributed by atoms with E-state index in [0.717, 1.165) is 4.57 Å². The molecule has 162 valence electrons. The molecule has 0 unspecified atom stereocenters. The summed E-state index contributed by atoms with van der Waals surface area (Å²) in [6.07, 6.45) is -4.98. The smallest absolute Gasteiger partial charge is 0.462 e. The Morgan fingerprint density at radius 2 is 2.00 bits per heavy atom. The molecule has 0 spiro atoms. The summed E-state index contributed by atoms with van der Waals surface area (Å²) in [6, 6.07) is -0.831. The van der Waals surface area contributed by atoms with Crippen molar-refractivity contribution < 1.29 is 28.5 Å². The predicted octanol–water partition coefficient (Wildman–Crippen LogP) is -0.944. The van der Waals surface area contributed by atoms with Crippen molar-refractivity contribution in [3.8, 4) is 0 Å². The SMILES string of the molecule is CC(C)[C@H](N)C(=O)OC[C@H]1O[C@@H](n2c(=O)sc3c(=O)[nH]c(N)nc32)[C@@H]2OC(=O)O[C@@H]21. The van der Waals surface area contributed by atoms with Crippen molar-refractivity contribution in [1.29, 1.82) is 0 Å². The second kappa shape index (κ2) is 7.37. The number of anilines is 1. The van der Waals surface area contributed by atoms with Crippen LogP contribution in [0.5, 0.6) is 0 Å². The van der Waals surface area contributed by atoms with Crippen molar-refractivity contribution >= 4 is 39.8 Å². The van der Waals surface area contributed by atoms with E-state index in [0.29, 0.717) is 11.3 Å². The Morgan fingerprint density at radius 1 is 1.30 bits per heavy atom. The van der Waals surface area contributed by atoms with Gasteiger partial charge in [-0.05, 0) is 5.92 Å². The number of nitrogens with two attached hydrogens (primary N) is 2. The van der Waals surface area contributed by atoms with Gasteiger partial charge in [0.05, 0.1) is 0 Å². The molecule has 2 fully saturated rings. The monoisotopic (exact) mass is 441 g/mol. The van der Waals surface area contributed by atoms with Crippen LogP contribution in [0.1, 0.15) is 20.1 Å². The number of ether oxygens (including phenoxy) is 4. The maximum Gasteiger partial charge on any atom is 0.509 e. The predicted molar refractivity (Wildman–Crippen MR) is 102 cm³/mol. The number of carbonyl (C=O) groups excluding carboxylic acids is 2. The first-order valence-electron chi connectivity index (χ1n) is 9.03. The van der Waals surface area contributed by atoms with Crippen LogP contribution in [-0.2, 0) is 23.7 Å². The van der Waals surface area contributed by atoms with Crippen LogP contribution >= 0.6 is 11.3 Å². The first-order valence-corrected chi connectivity index (χ1v) is 9.84. The van der Waals surface area contributed by atoms with E-state index >= 15 is 0 Å². The number of esters is 1. The zero-order valence-electron chi connectivity index (χ0n) is 15.9.